The van der Waals surface area contributed by atoms with E-state index in [9.17, 15) is 8.42 Å². The zero-order valence-electron chi connectivity index (χ0n) is 7.14. The molecule has 0 N–H and O–H groups in total. The molecule has 0 heterocycles. The molecule has 1 aromatic carbocycles. The largest absolute Gasteiger partial charge is 0.263 e. The first kappa shape index (κ1) is 10.8. The maximum atomic E-state index is 11.1. The molecule has 0 bridgehead atoms. The number of hydrogen-bond donors (Lipinski definition) is 0. The van der Waals surface area contributed by atoms with Crippen LogP contribution in [0.3, 0.4) is 0 Å². The van der Waals surface area contributed by atoms with Crippen LogP contribution in [0.25, 0.3) is 0 Å². The normalized spacial score (nSPS) is 11.7. The summed E-state index contributed by atoms with van der Waals surface area (Å²) in [5, 5.41) is 0.204. The van der Waals surface area contributed by atoms with Gasteiger partial charge in [0.2, 0.25) is 0 Å². The predicted octanol–water partition coefficient (Wildman–Crippen LogP) is 2.88. The highest BCUT2D eigenvalue weighted by molar-refractivity contribution is 8.13. The van der Waals surface area contributed by atoms with E-state index in [0.29, 0.717) is 11.1 Å². The third-order valence-corrected chi connectivity index (χ3v) is 3.81. The Morgan fingerprint density at radius 2 is 1.62 bits per heavy atom. The van der Waals surface area contributed by atoms with Crippen molar-refractivity contribution in [3.63, 3.8) is 0 Å². The number of benzene rings is 1. The lowest BCUT2D eigenvalue weighted by molar-refractivity contribution is 0.609. The van der Waals surface area contributed by atoms with Gasteiger partial charge < -0.3 is 0 Å². The van der Waals surface area contributed by atoms with Crippen LogP contribution in [0.1, 0.15) is 11.1 Å². The summed E-state index contributed by atoms with van der Waals surface area (Å²) >= 11 is 5.82. The molecule has 0 fully saturated rings. The number of halogens is 2. The number of rotatable bonds is 1. The standard InChI is InChI=1S/C8H8Cl2O2S/c1-5-3-4-6(2)8(7(5)9)13(10,11)12/h3-4H,1-2H3. The van der Waals surface area contributed by atoms with Gasteiger partial charge in [-0.3, -0.25) is 0 Å². The first-order chi connectivity index (χ1) is 5.84. The number of hydrogen-bond acceptors (Lipinski definition) is 2. The Morgan fingerprint density at radius 1 is 1.15 bits per heavy atom. The molecule has 72 valence electrons. The molecule has 13 heavy (non-hydrogen) atoms. The molecule has 2 nitrogen and oxygen atoms in total. The highest BCUT2D eigenvalue weighted by atomic mass is 35.7. The topological polar surface area (TPSA) is 34.1 Å². The molecular formula is C8H8Cl2O2S. The Bertz CT molecular complexity index is 438. The molecule has 0 unspecified atom stereocenters. The van der Waals surface area contributed by atoms with Gasteiger partial charge in [-0.05, 0) is 25.0 Å². The zero-order valence-corrected chi connectivity index (χ0v) is 9.46. The quantitative estimate of drug-likeness (QED) is 0.706. The zero-order chi connectivity index (χ0) is 10.2. The van der Waals surface area contributed by atoms with Crippen molar-refractivity contribution in [2.24, 2.45) is 0 Å². The minimum absolute atomic E-state index is 0.0100. The molecule has 0 aliphatic carbocycles. The van der Waals surface area contributed by atoms with Crippen LogP contribution in [0, 0.1) is 13.8 Å². The highest BCUT2D eigenvalue weighted by Gasteiger charge is 2.18. The first-order valence-electron chi connectivity index (χ1n) is 3.54. The van der Waals surface area contributed by atoms with Crippen molar-refractivity contribution in [1.29, 1.82) is 0 Å². The second-order valence-corrected chi connectivity index (χ2v) is 5.66. The van der Waals surface area contributed by atoms with Crippen LogP contribution in [0.4, 0.5) is 0 Å². The molecule has 0 aliphatic rings. The van der Waals surface area contributed by atoms with Gasteiger partial charge in [-0.1, -0.05) is 23.7 Å². The highest BCUT2D eigenvalue weighted by Crippen LogP contribution is 2.30. The van der Waals surface area contributed by atoms with Gasteiger partial charge in [0.1, 0.15) is 4.90 Å². The molecule has 0 aliphatic heterocycles. The monoisotopic (exact) mass is 238 g/mol. The molecule has 0 saturated carbocycles. The van der Waals surface area contributed by atoms with Crippen LogP contribution in [0.5, 0.6) is 0 Å². The third-order valence-electron chi connectivity index (χ3n) is 1.73. The lowest BCUT2D eigenvalue weighted by atomic mass is 10.2. The average Bonchev–Trinajstić information content (AvgIpc) is 1.95. The van der Waals surface area contributed by atoms with E-state index in [1.54, 1.807) is 26.0 Å². The molecule has 0 spiro atoms. The maximum absolute atomic E-state index is 11.1. The molecule has 0 radical (unpaired) electrons. The van der Waals surface area contributed by atoms with Crippen LogP contribution in [0.15, 0.2) is 17.0 Å². The van der Waals surface area contributed by atoms with E-state index in [2.05, 4.69) is 0 Å². The van der Waals surface area contributed by atoms with Crippen molar-refractivity contribution in [1.82, 2.24) is 0 Å². The Balaban J connectivity index is 3.62. The first-order valence-corrected chi connectivity index (χ1v) is 6.23. The Labute approximate surface area is 86.9 Å². The van der Waals surface area contributed by atoms with Crippen LogP contribution in [-0.4, -0.2) is 8.42 Å². The molecule has 1 rings (SSSR count). The van der Waals surface area contributed by atoms with Crippen molar-refractivity contribution in [2.75, 3.05) is 0 Å². The van der Waals surface area contributed by atoms with Gasteiger partial charge >= 0.3 is 0 Å². The van der Waals surface area contributed by atoms with Crippen LogP contribution in [-0.2, 0) is 9.05 Å². The van der Waals surface area contributed by atoms with Crippen molar-refractivity contribution in [3.8, 4) is 0 Å². The van der Waals surface area contributed by atoms with Gasteiger partial charge in [0.05, 0.1) is 5.02 Å². The van der Waals surface area contributed by atoms with Gasteiger partial charge in [-0.2, -0.15) is 0 Å². The summed E-state index contributed by atoms with van der Waals surface area (Å²) in [5.74, 6) is 0. The smallest absolute Gasteiger partial charge is 0.207 e. The molecule has 5 heteroatoms. The molecule has 0 amide bonds. The summed E-state index contributed by atoms with van der Waals surface area (Å²) in [6.45, 7) is 3.38. The SMILES string of the molecule is Cc1ccc(C)c(S(=O)(=O)Cl)c1Cl. The minimum atomic E-state index is -3.75. The summed E-state index contributed by atoms with van der Waals surface area (Å²) in [6.07, 6.45) is 0. The molecule has 0 saturated heterocycles. The van der Waals surface area contributed by atoms with Gasteiger partial charge in [-0.15, -0.1) is 0 Å². The Morgan fingerprint density at radius 3 is 2.00 bits per heavy atom. The van der Waals surface area contributed by atoms with E-state index < -0.39 is 9.05 Å². The summed E-state index contributed by atoms with van der Waals surface area (Å²) in [6, 6.07) is 3.43. The van der Waals surface area contributed by atoms with Crippen LogP contribution < -0.4 is 0 Å². The molecular weight excluding hydrogens is 231 g/mol. The van der Waals surface area contributed by atoms with E-state index in [4.69, 9.17) is 22.3 Å². The second kappa shape index (κ2) is 3.48. The van der Waals surface area contributed by atoms with E-state index in [1.807, 2.05) is 0 Å². The fourth-order valence-electron chi connectivity index (χ4n) is 1.05. The van der Waals surface area contributed by atoms with Crippen molar-refractivity contribution in [3.05, 3.63) is 28.3 Å². The fraction of sp³-hybridized carbons (Fsp3) is 0.250. The van der Waals surface area contributed by atoms with Crippen molar-refractivity contribution < 1.29 is 8.42 Å². The van der Waals surface area contributed by atoms with E-state index in [-0.39, 0.29) is 9.92 Å². The summed E-state index contributed by atoms with van der Waals surface area (Å²) in [5.41, 5.74) is 1.26. The Hall–Kier alpha value is -0.250. The van der Waals surface area contributed by atoms with Gasteiger partial charge in [0.25, 0.3) is 9.05 Å². The lowest BCUT2D eigenvalue weighted by Gasteiger charge is -2.06. The van der Waals surface area contributed by atoms with Crippen molar-refractivity contribution >= 4 is 31.3 Å². The molecule has 1 aromatic rings. The predicted molar refractivity (Wildman–Crippen MR) is 54.0 cm³/mol. The summed E-state index contributed by atoms with van der Waals surface area (Å²) in [4.78, 5) is 0.0100. The van der Waals surface area contributed by atoms with E-state index >= 15 is 0 Å². The average molecular weight is 239 g/mol. The van der Waals surface area contributed by atoms with Gasteiger partial charge in [0, 0.05) is 10.7 Å². The van der Waals surface area contributed by atoms with Crippen LogP contribution >= 0.6 is 22.3 Å². The summed E-state index contributed by atoms with van der Waals surface area (Å²) in [7, 11) is 1.48. The maximum Gasteiger partial charge on any atom is 0.263 e. The van der Waals surface area contributed by atoms with Crippen molar-refractivity contribution in [2.45, 2.75) is 18.7 Å². The van der Waals surface area contributed by atoms with E-state index in [1.165, 1.54) is 0 Å². The second-order valence-electron chi connectivity index (χ2n) is 2.78. The van der Waals surface area contributed by atoms with Crippen LogP contribution in [0.2, 0.25) is 5.02 Å². The molecule has 0 atom stereocenters. The molecule has 0 aromatic heterocycles. The van der Waals surface area contributed by atoms with Gasteiger partial charge in [-0.25, -0.2) is 8.42 Å². The number of aryl methyl sites for hydroxylation is 2. The summed E-state index contributed by atoms with van der Waals surface area (Å²) < 4.78 is 22.2. The Kier molecular flexibility index (Phi) is 2.90. The fourth-order valence-corrected chi connectivity index (χ4v) is 3.11. The lowest BCUT2D eigenvalue weighted by Crippen LogP contribution is -1.97. The van der Waals surface area contributed by atoms with E-state index in [0.717, 1.165) is 0 Å². The minimum Gasteiger partial charge on any atom is -0.207 e. The van der Waals surface area contributed by atoms with Gasteiger partial charge in [0.15, 0.2) is 0 Å². The third kappa shape index (κ3) is 2.16.